The summed E-state index contributed by atoms with van der Waals surface area (Å²) in [6.45, 7) is 6.26. The van der Waals surface area contributed by atoms with Gasteiger partial charge >= 0.3 is 0 Å². The van der Waals surface area contributed by atoms with Gasteiger partial charge in [-0.2, -0.15) is 5.10 Å². The Kier molecular flexibility index (Phi) is 7.07. The van der Waals surface area contributed by atoms with Crippen LogP contribution >= 0.6 is 0 Å². The Morgan fingerprint density at radius 1 is 1.24 bits per heavy atom. The number of β-amino-alcohol motifs (C(OH)–C–C–N with tert-alkyl or cyclic N) is 1. The van der Waals surface area contributed by atoms with E-state index in [1.165, 1.54) is 0 Å². The highest BCUT2D eigenvalue weighted by Crippen LogP contribution is 2.39. The van der Waals surface area contributed by atoms with E-state index in [1.54, 1.807) is 29.2 Å². The van der Waals surface area contributed by atoms with Crippen LogP contribution in [0.5, 0.6) is 5.75 Å². The van der Waals surface area contributed by atoms with Crippen LogP contribution in [0.15, 0.2) is 36.8 Å². The monoisotopic (exact) mass is 454 g/mol. The van der Waals surface area contributed by atoms with Gasteiger partial charge in [-0.15, -0.1) is 0 Å². The first-order valence-electron chi connectivity index (χ1n) is 11.1. The number of ether oxygens (including phenoxy) is 1. The first-order chi connectivity index (χ1) is 16.1. The third-order valence-corrected chi connectivity index (χ3v) is 5.92. The van der Waals surface area contributed by atoms with Gasteiger partial charge < -0.3 is 25.2 Å². The second kappa shape index (κ2) is 10.2. The summed E-state index contributed by atoms with van der Waals surface area (Å²) in [7, 11) is 1.00. The first-order valence-corrected chi connectivity index (χ1v) is 11.1. The molecule has 3 N–H and O–H groups in total. The molecule has 4 heterocycles. The number of benzene rings is 1. The topological polar surface area (TPSA) is 115 Å². The molecular formula is C23H30N6O4. The maximum absolute atomic E-state index is 13.1. The van der Waals surface area contributed by atoms with Crippen LogP contribution in [-0.2, 0) is 6.42 Å². The molecule has 10 nitrogen and oxygen atoms in total. The summed E-state index contributed by atoms with van der Waals surface area (Å²) >= 11 is 0. The highest BCUT2D eigenvalue weighted by molar-refractivity contribution is 6.09. The summed E-state index contributed by atoms with van der Waals surface area (Å²) in [5, 5.41) is 23.5. The van der Waals surface area contributed by atoms with Gasteiger partial charge in [-0.3, -0.25) is 9.69 Å². The number of rotatable bonds is 5. The molecule has 0 aliphatic carbocycles. The van der Waals surface area contributed by atoms with Gasteiger partial charge in [0.25, 0.3) is 5.91 Å². The van der Waals surface area contributed by atoms with Gasteiger partial charge in [-0.1, -0.05) is 0 Å². The normalized spacial score (nSPS) is 17.8. The van der Waals surface area contributed by atoms with Crippen molar-refractivity contribution in [2.45, 2.75) is 19.4 Å². The number of fused-ring (bicyclic) bond motifs is 2. The fourth-order valence-electron chi connectivity index (χ4n) is 4.34. The Morgan fingerprint density at radius 2 is 2.03 bits per heavy atom. The highest BCUT2D eigenvalue weighted by Gasteiger charge is 2.26. The van der Waals surface area contributed by atoms with Gasteiger partial charge in [0.2, 0.25) is 0 Å². The molecule has 2 aromatic heterocycles. The third-order valence-electron chi connectivity index (χ3n) is 5.92. The summed E-state index contributed by atoms with van der Waals surface area (Å²) in [6, 6.07) is 5.85. The minimum atomic E-state index is -0.235. The predicted octanol–water partition coefficient (Wildman–Crippen LogP) is 1.03. The third kappa shape index (κ3) is 4.77. The SMILES string of the molecule is CC1Cc2cc(NC(=O)c3cnn4cccnc34)c(N3CCN(CCO)CC3)cc2O1.CO. The number of hydrogen-bond acceptors (Lipinski definition) is 8. The number of aliphatic hydroxyl groups excluding tert-OH is 2. The zero-order chi connectivity index (χ0) is 23.4. The highest BCUT2D eigenvalue weighted by atomic mass is 16.5. The summed E-state index contributed by atoms with van der Waals surface area (Å²) in [5.41, 5.74) is 3.78. The van der Waals surface area contributed by atoms with Crippen LogP contribution in [0.1, 0.15) is 22.8 Å². The second-order valence-electron chi connectivity index (χ2n) is 8.06. The summed E-state index contributed by atoms with van der Waals surface area (Å²) in [4.78, 5) is 21.9. The molecule has 2 aliphatic heterocycles. The van der Waals surface area contributed by atoms with E-state index < -0.39 is 0 Å². The molecule has 10 heteroatoms. The Bertz CT molecular complexity index is 1110. The van der Waals surface area contributed by atoms with Crippen molar-refractivity contribution in [3.8, 4) is 5.75 Å². The lowest BCUT2D eigenvalue weighted by Gasteiger charge is -2.36. The summed E-state index contributed by atoms with van der Waals surface area (Å²) in [6.07, 6.45) is 5.91. The van der Waals surface area contributed by atoms with E-state index in [-0.39, 0.29) is 18.6 Å². The van der Waals surface area contributed by atoms with Gasteiger partial charge in [0.1, 0.15) is 17.4 Å². The minimum Gasteiger partial charge on any atom is -0.490 e. The molecule has 0 bridgehead atoms. The average molecular weight is 455 g/mol. The van der Waals surface area contributed by atoms with Crippen molar-refractivity contribution in [1.82, 2.24) is 19.5 Å². The lowest BCUT2D eigenvalue weighted by molar-refractivity contribution is 0.102. The largest absolute Gasteiger partial charge is 0.490 e. The quantitative estimate of drug-likeness (QED) is 0.524. The maximum atomic E-state index is 13.1. The molecule has 0 radical (unpaired) electrons. The van der Waals surface area contributed by atoms with Crippen LogP contribution < -0.4 is 15.0 Å². The number of carbonyl (C=O) groups is 1. The van der Waals surface area contributed by atoms with Crippen molar-refractivity contribution in [2.75, 3.05) is 56.7 Å². The molecule has 0 saturated carbocycles. The van der Waals surface area contributed by atoms with Crippen molar-refractivity contribution in [3.05, 3.63) is 47.9 Å². The van der Waals surface area contributed by atoms with Crippen molar-refractivity contribution in [3.63, 3.8) is 0 Å². The first kappa shape index (κ1) is 23.0. The van der Waals surface area contributed by atoms with Crippen molar-refractivity contribution < 1.29 is 19.7 Å². The Labute approximate surface area is 192 Å². The number of nitrogens with zero attached hydrogens (tertiary/aromatic N) is 5. The molecule has 1 amide bonds. The van der Waals surface area contributed by atoms with Gasteiger partial charge in [0, 0.05) is 70.3 Å². The van der Waals surface area contributed by atoms with Crippen LogP contribution in [0.3, 0.4) is 0 Å². The van der Waals surface area contributed by atoms with E-state index in [1.807, 2.05) is 12.1 Å². The van der Waals surface area contributed by atoms with Crippen molar-refractivity contribution in [2.24, 2.45) is 0 Å². The number of piperazine rings is 1. The Balaban J connectivity index is 0.00000126. The molecule has 1 saturated heterocycles. The van der Waals surface area contributed by atoms with Crippen molar-refractivity contribution in [1.29, 1.82) is 0 Å². The smallest absolute Gasteiger partial charge is 0.261 e. The molecule has 1 aromatic carbocycles. The zero-order valence-electron chi connectivity index (χ0n) is 18.9. The fourth-order valence-corrected chi connectivity index (χ4v) is 4.34. The minimum absolute atomic E-state index is 0.124. The Hall–Kier alpha value is -3.21. The molecular weight excluding hydrogens is 424 g/mol. The summed E-state index contributed by atoms with van der Waals surface area (Å²) in [5.74, 6) is 0.650. The number of carbonyl (C=O) groups excluding carboxylic acids is 1. The molecule has 33 heavy (non-hydrogen) atoms. The fraction of sp³-hybridized carbons (Fsp3) is 0.435. The molecule has 1 unspecified atom stereocenters. The molecule has 3 aromatic rings. The lowest BCUT2D eigenvalue weighted by atomic mass is 10.1. The van der Waals surface area contributed by atoms with Gasteiger partial charge in [0.15, 0.2) is 5.65 Å². The van der Waals surface area contributed by atoms with Gasteiger partial charge in [0.05, 0.1) is 24.2 Å². The summed E-state index contributed by atoms with van der Waals surface area (Å²) < 4.78 is 7.57. The maximum Gasteiger partial charge on any atom is 0.261 e. The van der Waals surface area contributed by atoms with Gasteiger partial charge in [-0.05, 0) is 19.1 Å². The number of aliphatic hydroxyl groups is 2. The van der Waals surface area contributed by atoms with Crippen LogP contribution in [0, 0.1) is 0 Å². The second-order valence-corrected chi connectivity index (χ2v) is 8.06. The predicted molar refractivity (Wildman–Crippen MR) is 125 cm³/mol. The molecule has 176 valence electrons. The zero-order valence-corrected chi connectivity index (χ0v) is 18.9. The van der Waals surface area contributed by atoms with E-state index in [2.05, 4.69) is 32.1 Å². The number of aromatic nitrogens is 3. The molecule has 1 atom stereocenters. The molecule has 0 spiro atoms. The molecule has 2 aliphatic rings. The molecule has 1 fully saturated rings. The number of amides is 1. The van der Waals surface area contributed by atoms with E-state index in [4.69, 9.17) is 9.84 Å². The van der Waals surface area contributed by atoms with Crippen LogP contribution in [-0.4, -0.2) is 88.2 Å². The van der Waals surface area contributed by atoms with E-state index in [0.29, 0.717) is 17.8 Å². The van der Waals surface area contributed by atoms with Crippen molar-refractivity contribution >= 4 is 22.9 Å². The average Bonchev–Trinajstić information content (AvgIpc) is 3.43. The van der Waals surface area contributed by atoms with Crippen LogP contribution in [0.25, 0.3) is 5.65 Å². The van der Waals surface area contributed by atoms with E-state index >= 15 is 0 Å². The molecule has 5 rings (SSSR count). The van der Waals surface area contributed by atoms with Gasteiger partial charge in [-0.25, -0.2) is 9.50 Å². The number of hydrogen-bond donors (Lipinski definition) is 3. The van der Waals surface area contributed by atoms with E-state index in [9.17, 15) is 9.90 Å². The van der Waals surface area contributed by atoms with E-state index in [0.717, 1.165) is 62.4 Å². The number of anilines is 2. The lowest BCUT2D eigenvalue weighted by Crippen LogP contribution is -2.47. The Morgan fingerprint density at radius 3 is 2.79 bits per heavy atom. The van der Waals surface area contributed by atoms with Crippen LogP contribution in [0.2, 0.25) is 0 Å². The number of nitrogens with one attached hydrogen (secondary N) is 1. The van der Waals surface area contributed by atoms with Crippen LogP contribution in [0.4, 0.5) is 11.4 Å². The standard InChI is InChI=1S/C22H26N6O3.CH4O/c1-15-11-16-12-18(25-22(30)17-14-24-28-4-2-3-23-21(17)28)19(13-20(16)31-15)27-7-5-26(6-8-27)9-10-29;1-2/h2-4,12-15,29H,5-11H2,1H3,(H,25,30);2H,1H3.